The van der Waals surface area contributed by atoms with Gasteiger partial charge >= 0.3 is 0 Å². The Labute approximate surface area is 82.3 Å². The van der Waals surface area contributed by atoms with E-state index in [1.165, 1.54) is 12.3 Å². The van der Waals surface area contributed by atoms with Gasteiger partial charge in [-0.1, -0.05) is 12.6 Å². The van der Waals surface area contributed by atoms with Gasteiger partial charge in [0.1, 0.15) is 6.20 Å². The third-order valence-electron chi connectivity index (χ3n) is 1.36. The van der Waals surface area contributed by atoms with Crippen LogP contribution < -0.4 is 0 Å². The second kappa shape index (κ2) is 4.17. The molecule has 0 amide bonds. The van der Waals surface area contributed by atoms with Gasteiger partial charge in [-0.3, -0.25) is 4.18 Å². The lowest BCUT2D eigenvalue weighted by molar-refractivity contribution is 0.311. The Balaban J connectivity index is 2.67. The summed E-state index contributed by atoms with van der Waals surface area (Å²) in [6.45, 7) is 6.60. The molecule has 0 aliphatic carbocycles. The van der Waals surface area contributed by atoms with Crippen molar-refractivity contribution in [3.05, 3.63) is 35.3 Å². The number of hydrogen-bond acceptors (Lipinski definition) is 4. The summed E-state index contributed by atoms with van der Waals surface area (Å²) in [4.78, 5) is 6.87. The molecule has 14 heavy (non-hydrogen) atoms. The van der Waals surface area contributed by atoms with Gasteiger partial charge in [-0.05, 0) is 6.07 Å². The minimum Gasteiger partial charge on any atom is -0.361 e. The second-order valence-corrected chi connectivity index (χ2v) is 4.25. The molecule has 0 spiro atoms. The highest BCUT2D eigenvalue weighted by Crippen LogP contribution is 2.09. The monoisotopic (exact) mass is 212 g/mol. The van der Waals surface area contributed by atoms with E-state index in [9.17, 15) is 8.42 Å². The summed E-state index contributed by atoms with van der Waals surface area (Å²) in [5.41, 5.74) is 0.614. The Kier molecular flexibility index (Phi) is 3.17. The minimum absolute atomic E-state index is 0.0515. The molecule has 1 aromatic heterocycles. The highest BCUT2D eigenvalue weighted by Gasteiger charge is 2.03. The van der Waals surface area contributed by atoms with Crippen molar-refractivity contribution in [1.29, 1.82) is 0 Å². The van der Waals surface area contributed by atoms with Gasteiger partial charge in [-0.2, -0.15) is 8.42 Å². The maximum atomic E-state index is 10.6. The standard InChI is InChI=1S/C8H8N2O3S/c1-9-8-4-3-7(5-10-8)6-13-14(2,11)12/h3-5H,6H2,2H3. The minimum atomic E-state index is -3.43. The lowest BCUT2D eigenvalue weighted by Crippen LogP contribution is -2.02. The molecule has 0 aromatic carbocycles. The van der Waals surface area contributed by atoms with Crippen molar-refractivity contribution in [3.63, 3.8) is 0 Å². The Hall–Kier alpha value is -1.45. The van der Waals surface area contributed by atoms with E-state index in [-0.39, 0.29) is 12.4 Å². The molecule has 0 bridgehead atoms. The van der Waals surface area contributed by atoms with Crippen LogP contribution in [0.2, 0.25) is 0 Å². The summed E-state index contributed by atoms with van der Waals surface area (Å²) in [6.07, 6.45) is 2.40. The van der Waals surface area contributed by atoms with Crippen LogP contribution in [0.3, 0.4) is 0 Å². The van der Waals surface area contributed by atoms with Gasteiger partial charge in [0, 0.05) is 5.56 Å². The zero-order chi connectivity index (χ0) is 10.6. The van der Waals surface area contributed by atoms with E-state index < -0.39 is 10.1 Å². The van der Waals surface area contributed by atoms with Crippen LogP contribution >= 0.6 is 0 Å². The van der Waals surface area contributed by atoms with Crippen LogP contribution in [0, 0.1) is 6.57 Å². The molecule has 0 saturated heterocycles. The molecule has 0 fully saturated rings. The molecule has 0 aliphatic heterocycles. The first-order valence-corrected chi connectivity index (χ1v) is 5.50. The summed E-state index contributed by atoms with van der Waals surface area (Å²) >= 11 is 0. The molecule has 5 nitrogen and oxygen atoms in total. The fourth-order valence-corrected chi connectivity index (χ4v) is 1.09. The quantitative estimate of drug-likeness (QED) is 0.556. The third kappa shape index (κ3) is 3.51. The van der Waals surface area contributed by atoms with Gasteiger partial charge in [0.15, 0.2) is 0 Å². The molecule has 0 N–H and O–H groups in total. The second-order valence-electron chi connectivity index (χ2n) is 2.60. The topological polar surface area (TPSA) is 60.6 Å². The van der Waals surface area contributed by atoms with Crippen molar-refractivity contribution in [2.45, 2.75) is 6.61 Å². The van der Waals surface area contributed by atoms with Gasteiger partial charge in [-0.25, -0.2) is 0 Å². The molecule has 0 aliphatic rings. The molecular formula is C8H8N2O3S. The number of hydrogen-bond donors (Lipinski definition) is 0. The molecule has 6 heteroatoms. The summed E-state index contributed by atoms with van der Waals surface area (Å²) in [5, 5.41) is 0. The molecule has 1 aromatic rings. The first-order valence-electron chi connectivity index (χ1n) is 3.68. The average molecular weight is 212 g/mol. The summed E-state index contributed by atoms with van der Waals surface area (Å²) < 4.78 is 25.8. The predicted molar refractivity (Wildman–Crippen MR) is 50.1 cm³/mol. The lowest BCUT2D eigenvalue weighted by Gasteiger charge is -1.99. The Morgan fingerprint density at radius 1 is 1.57 bits per heavy atom. The van der Waals surface area contributed by atoms with Crippen molar-refractivity contribution in [2.24, 2.45) is 0 Å². The van der Waals surface area contributed by atoms with Crippen LogP contribution in [0.1, 0.15) is 5.56 Å². The van der Waals surface area contributed by atoms with Crippen molar-refractivity contribution in [1.82, 2.24) is 4.98 Å². The molecule has 1 rings (SSSR count). The SMILES string of the molecule is [C-]#[N+]c1ccc(COS(C)(=O)=O)cn1. The van der Waals surface area contributed by atoms with Gasteiger partial charge in [0.2, 0.25) is 0 Å². The average Bonchev–Trinajstić information content (AvgIpc) is 2.14. The van der Waals surface area contributed by atoms with Gasteiger partial charge in [0.05, 0.1) is 12.9 Å². The van der Waals surface area contributed by atoms with E-state index in [1.807, 2.05) is 0 Å². The maximum absolute atomic E-state index is 10.6. The molecular weight excluding hydrogens is 204 g/mol. The lowest BCUT2D eigenvalue weighted by atomic mass is 10.3. The molecule has 1 heterocycles. The number of pyridine rings is 1. The maximum Gasteiger partial charge on any atom is 0.269 e. The fraction of sp³-hybridized carbons (Fsp3) is 0.250. The van der Waals surface area contributed by atoms with Crippen molar-refractivity contribution >= 4 is 15.9 Å². The van der Waals surface area contributed by atoms with E-state index >= 15 is 0 Å². The molecule has 74 valence electrons. The summed E-state index contributed by atoms with van der Waals surface area (Å²) in [6, 6.07) is 3.11. The fourth-order valence-electron chi connectivity index (χ4n) is 0.743. The highest BCUT2D eigenvalue weighted by atomic mass is 32.2. The van der Waals surface area contributed by atoms with E-state index in [0.717, 1.165) is 6.26 Å². The Bertz CT molecular complexity index is 444. The Morgan fingerprint density at radius 3 is 2.71 bits per heavy atom. The van der Waals surface area contributed by atoms with Gasteiger partial charge < -0.3 is 4.85 Å². The number of aromatic nitrogens is 1. The third-order valence-corrected chi connectivity index (χ3v) is 1.91. The van der Waals surface area contributed by atoms with Crippen LogP contribution in [-0.2, 0) is 20.9 Å². The molecule has 0 unspecified atom stereocenters. The van der Waals surface area contributed by atoms with Crippen molar-refractivity contribution in [2.75, 3.05) is 6.26 Å². The predicted octanol–water partition coefficient (Wildman–Crippen LogP) is 1.11. The summed E-state index contributed by atoms with van der Waals surface area (Å²) in [5.74, 6) is 0.271. The Morgan fingerprint density at radius 2 is 2.29 bits per heavy atom. The molecule has 0 atom stereocenters. The highest BCUT2D eigenvalue weighted by molar-refractivity contribution is 7.85. The van der Waals surface area contributed by atoms with Crippen LogP contribution in [0.5, 0.6) is 0 Å². The van der Waals surface area contributed by atoms with E-state index in [4.69, 9.17) is 6.57 Å². The van der Waals surface area contributed by atoms with Crippen LogP contribution in [-0.4, -0.2) is 19.7 Å². The number of nitrogens with zero attached hydrogens (tertiary/aromatic N) is 2. The largest absolute Gasteiger partial charge is 0.361 e. The van der Waals surface area contributed by atoms with Crippen LogP contribution in [0.4, 0.5) is 5.82 Å². The molecule has 0 saturated carbocycles. The van der Waals surface area contributed by atoms with E-state index in [1.54, 1.807) is 6.07 Å². The van der Waals surface area contributed by atoms with Crippen LogP contribution in [0.25, 0.3) is 4.85 Å². The summed E-state index contributed by atoms with van der Waals surface area (Å²) in [7, 11) is -3.43. The van der Waals surface area contributed by atoms with Crippen LogP contribution in [0.15, 0.2) is 18.3 Å². The zero-order valence-corrected chi connectivity index (χ0v) is 8.28. The first-order chi connectivity index (χ1) is 6.51. The van der Waals surface area contributed by atoms with Gasteiger partial charge in [0.25, 0.3) is 15.9 Å². The van der Waals surface area contributed by atoms with E-state index in [2.05, 4.69) is 14.0 Å². The van der Waals surface area contributed by atoms with Crippen molar-refractivity contribution < 1.29 is 12.6 Å². The van der Waals surface area contributed by atoms with E-state index in [0.29, 0.717) is 5.56 Å². The number of rotatable bonds is 3. The molecule has 0 radical (unpaired) electrons. The van der Waals surface area contributed by atoms with Crippen molar-refractivity contribution in [3.8, 4) is 0 Å². The van der Waals surface area contributed by atoms with Gasteiger partial charge in [-0.15, -0.1) is 4.98 Å². The first kappa shape index (κ1) is 10.6. The smallest absolute Gasteiger partial charge is 0.269 e. The normalized spacial score (nSPS) is 10.9. The zero-order valence-electron chi connectivity index (χ0n) is 7.47.